The van der Waals surface area contributed by atoms with Crippen molar-refractivity contribution < 1.29 is 50.6 Å². The Morgan fingerprint density at radius 1 is 0.825 bits per heavy atom. The Morgan fingerprint density at radius 2 is 1.49 bits per heavy atom. The van der Waals surface area contributed by atoms with E-state index in [0.29, 0.717) is 38.3 Å². The Morgan fingerprint density at radius 3 is 2.13 bits per heavy atom. The van der Waals surface area contributed by atoms with Crippen molar-refractivity contribution in [2.45, 2.75) is 36.2 Å². The summed E-state index contributed by atoms with van der Waals surface area (Å²) >= 11 is 3.51. The highest BCUT2D eigenvalue weighted by Gasteiger charge is 2.21. The molecular weight excluding hydrogens is 905 g/mol. The summed E-state index contributed by atoms with van der Waals surface area (Å²) in [6, 6.07) is 14.0. The maximum absolute atomic E-state index is 13.7. The molecule has 0 aliphatic rings. The van der Waals surface area contributed by atoms with E-state index in [0.717, 1.165) is 35.8 Å². The third-order valence-corrected chi connectivity index (χ3v) is 11.0. The smallest absolute Gasteiger partial charge is 0.315 e. The Bertz CT molecular complexity index is 2630. The summed E-state index contributed by atoms with van der Waals surface area (Å²) in [5, 5.41) is 12.6. The summed E-state index contributed by atoms with van der Waals surface area (Å²) in [5.41, 5.74) is 0.766. The molecule has 0 aliphatic carbocycles. The van der Waals surface area contributed by atoms with E-state index < -0.39 is 51.7 Å². The summed E-state index contributed by atoms with van der Waals surface area (Å²) in [6.45, 7) is 4.10. The van der Waals surface area contributed by atoms with Gasteiger partial charge in [-0.15, -0.1) is 11.3 Å². The fourth-order valence-electron chi connectivity index (χ4n) is 4.78. The molecule has 0 saturated carbocycles. The molecule has 3 aromatic heterocycles. The van der Waals surface area contributed by atoms with E-state index in [4.69, 9.17) is 14.2 Å². The lowest BCUT2D eigenvalue weighted by molar-refractivity contribution is -0.133. The maximum Gasteiger partial charge on any atom is 0.315 e. The highest BCUT2D eigenvalue weighted by molar-refractivity contribution is 8.01. The van der Waals surface area contributed by atoms with Crippen molar-refractivity contribution in [1.82, 2.24) is 24.7 Å². The Balaban J connectivity index is 0.000000247. The molecule has 4 amide bonds. The molecular formula is C39H39F2N9O9S4. The van der Waals surface area contributed by atoms with E-state index in [1.807, 2.05) is 13.8 Å². The molecule has 63 heavy (non-hydrogen) atoms. The third kappa shape index (κ3) is 15.4. The normalized spacial score (nSPS) is 10.9. The van der Waals surface area contributed by atoms with Crippen LogP contribution in [0, 0.1) is 17.6 Å². The first-order valence-corrected chi connectivity index (χ1v) is 22.7. The first-order chi connectivity index (χ1) is 30.0. The molecule has 0 unspecified atom stereocenters. The number of rotatable bonds is 17. The molecule has 3 heterocycles. The van der Waals surface area contributed by atoms with Crippen LogP contribution in [0.15, 0.2) is 94.0 Å². The molecule has 18 nitrogen and oxygen atoms in total. The highest BCUT2D eigenvalue weighted by atomic mass is 32.2. The number of benzene rings is 3. The molecule has 3 aromatic carbocycles. The SMILES string of the molecule is CC(C)COc1cc(F)ccc1NC(=O)CC(=O)Nc1nc(CNS(C)(=O)=O)c(Sc2ncc[nH]2)s1.COc1ccccc1Oc1cc(F)ccc1NC(=O)C(=O)Nc1nccs1. The van der Waals surface area contributed by atoms with Gasteiger partial charge in [0.25, 0.3) is 0 Å². The van der Waals surface area contributed by atoms with Crippen LogP contribution in [0.5, 0.6) is 23.0 Å². The number of carbonyl (C=O) groups excluding carboxylic acids is 4. The average Bonchev–Trinajstić information content (AvgIpc) is 4.02. The van der Waals surface area contributed by atoms with Crippen LogP contribution in [0.3, 0.4) is 0 Å². The number of nitrogens with zero attached hydrogens (tertiary/aromatic N) is 3. The number of hydrogen-bond acceptors (Lipinski definition) is 15. The predicted molar refractivity (Wildman–Crippen MR) is 234 cm³/mol. The minimum Gasteiger partial charge on any atom is -0.493 e. The van der Waals surface area contributed by atoms with Crippen LogP contribution in [0.25, 0.3) is 0 Å². The monoisotopic (exact) mass is 943 g/mol. The van der Waals surface area contributed by atoms with E-state index in [1.165, 1.54) is 54.6 Å². The van der Waals surface area contributed by atoms with Gasteiger partial charge in [0.05, 0.1) is 47.8 Å². The largest absolute Gasteiger partial charge is 0.493 e. The number of thiazole rings is 2. The molecule has 24 heteroatoms. The maximum atomic E-state index is 13.7. The molecule has 0 radical (unpaired) electrons. The fraction of sp³-hybridized carbons (Fsp3) is 0.205. The molecule has 6 N–H and O–H groups in total. The van der Waals surface area contributed by atoms with E-state index in [-0.39, 0.29) is 40.5 Å². The van der Waals surface area contributed by atoms with Gasteiger partial charge in [0.1, 0.15) is 23.8 Å². The summed E-state index contributed by atoms with van der Waals surface area (Å²) in [6.07, 6.45) is 5.20. The van der Waals surface area contributed by atoms with Gasteiger partial charge in [-0.1, -0.05) is 37.3 Å². The number of carbonyl (C=O) groups is 4. The van der Waals surface area contributed by atoms with Gasteiger partial charge in [0, 0.05) is 36.1 Å². The quantitative estimate of drug-likeness (QED) is 0.0405. The van der Waals surface area contributed by atoms with E-state index in [2.05, 4.69) is 45.9 Å². The lowest BCUT2D eigenvalue weighted by Gasteiger charge is -2.14. The highest BCUT2D eigenvalue weighted by Crippen LogP contribution is 2.37. The van der Waals surface area contributed by atoms with Crippen LogP contribution in [0.4, 0.5) is 30.4 Å². The van der Waals surface area contributed by atoms with Gasteiger partial charge < -0.3 is 35.1 Å². The van der Waals surface area contributed by atoms with Crippen molar-refractivity contribution in [3.63, 3.8) is 0 Å². The molecule has 0 saturated heterocycles. The molecule has 6 aromatic rings. The van der Waals surface area contributed by atoms with Crippen molar-refractivity contribution in [2.24, 2.45) is 5.92 Å². The number of imidazole rings is 1. The number of halogens is 2. The number of amides is 4. The number of aromatic nitrogens is 4. The molecule has 0 atom stereocenters. The summed E-state index contributed by atoms with van der Waals surface area (Å²) in [7, 11) is -2.00. The van der Waals surface area contributed by atoms with Crippen LogP contribution in [-0.2, 0) is 35.7 Å². The third-order valence-electron chi connectivity index (χ3n) is 7.52. The zero-order valence-corrected chi connectivity index (χ0v) is 37.0. The number of hydrogen-bond donors (Lipinski definition) is 6. The number of methoxy groups -OCH3 is 1. The Hall–Kier alpha value is -6.47. The number of para-hydroxylation sites is 2. The zero-order valence-electron chi connectivity index (χ0n) is 33.7. The Kier molecular flexibility index (Phi) is 17.0. The first kappa shape index (κ1) is 47.6. The molecule has 0 spiro atoms. The Labute approximate surface area is 371 Å². The number of anilines is 4. The minimum absolute atomic E-state index is 0.0231. The van der Waals surface area contributed by atoms with Crippen molar-refractivity contribution >= 4 is 89.7 Å². The van der Waals surface area contributed by atoms with Crippen molar-refractivity contribution in [3.8, 4) is 23.0 Å². The molecule has 332 valence electrons. The number of aromatic amines is 1. The molecule has 0 aliphatic heterocycles. The van der Waals surface area contributed by atoms with Gasteiger partial charge in [0.2, 0.25) is 21.8 Å². The van der Waals surface area contributed by atoms with Crippen LogP contribution < -0.4 is 40.2 Å². The van der Waals surface area contributed by atoms with Crippen LogP contribution in [-0.4, -0.2) is 72.0 Å². The molecule has 0 bridgehead atoms. The van der Waals surface area contributed by atoms with Crippen molar-refractivity contribution in [2.75, 3.05) is 41.2 Å². The number of H-pyrrole nitrogens is 1. The zero-order chi connectivity index (χ0) is 45.5. The second-order valence-electron chi connectivity index (χ2n) is 13.1. The summed E-state index contributed by atoms with van der Waals surface area (Å²) < 4.78 is 69.7. The van der Waals surface area contributed by atoms with Gasteiger partial charge >= 0.3 is 11.8 Å². The van der Waals surface area contributed by atoms with E-state index in [1.54, 1.807) is 42.0 Å². The molecule has 6 rings (SSSR count). The number of sulfonamides is 1. The van der Waals surface area contributed by atoms with Gasteiger partial charge in [-0.25, -0.2) is 36.9 Å². The van der Waals surface area contributed by atoms with Crippen molar-refractivity contribution in [3.05, 3.63) is 102 Å². The van der Waals surface area contributed by atoms with Gasteiger partial charge in [-0.3, -0.25) is 24.5 Å². The second kappa shape index (κ2) is 22.6. The summed E-state index contributed by atoms with van der Waals surface area (Å²) in [5.74, 6) is -3.06. The van der Waals surface area contributed by atoms with Crippen molar-refractivity contribution in [1.29, 1.82) is 0 Å². The summed E-state index contributed by atoms with van der Waals surface area (Å²) in [4.78, 5) is 64.2. The van der Waals surface area contributed by atoms with Gasteiger partial charge in [-0.05, 0) is 54.1 Å². The van der Waals surface area contributed by atoms with Crippen LogP contribution in [0.1, 0.15) is 26.0 Å². The topological polar surface area (TPSA) is 245 Å². The van der Waals surface area contributed by atoms with Gasteiger partial charge in [0.15, 0.2) is 32.7 Å². The van der Waals surface area contributed by atoms with Crippen LogP contribution >= 0.6 is 34.4 Å². The predicted octanol–water partition coefficient (Wildman–Crippen LogP) is 6.87. The lowest BCUT2D eigenvalue weighted by Crippen LogP contribution is -2.29. The lowest BCUT2D eigenvalue weighted by atomic mass is 10.2. The molecule has 0 fully saturated rings. The van der Waals surface area contributed by atoms with E-state index >= 15 is 0 Å². The number of ether oxygens (including phenoxy) is 3. The average molecular weight is 944 g/mol. The second-order valence-corrected chi connectivity index (χ2v) is 18.1. The fourth-order valence-corrected chi connectivity index (χ4v) is 7.73. The van der Waals surface area contributed by atoms with Crippen LogP contribution in [0.2, 0.25) is 0 Å². The first-order valence-electron chi connectivity index (χ1n) is 18.3. The van der Waals surface area contributed by atoms with Gasteiger partial charge in [-0.2, -0.15) is 0 Å². The number of nitrogens with one attached hydrogen (secondary N) is 6. The minimum atomic E-state index is -3.47. The van der Waals surface area contributed by atoms with E-state index in [9.17, 15) is 36.4 Å². The standard InChI is InChI=1S/C21H25FN6O5S3.C18H14FN3O4S/c1-12(2)11-33-16-8-13(22)4-5-14(16)26-17(29)9-18(30)28-21-27-15(10-25-36(3,31)32)19(35-21)34-20-23-6-7-24-20;1-25-13-4-2-3-5-14(13)26-15-10-11(19)6-7-12(15)21-16(23)17(24)22-18-20-8-9-27-18/h4-8,12,25H,9-11H2,1-3H3,(H,23,24)(H,26,29)(H,27,28,30);2-10H,1H3,(H,21,23)(H,20,22,24).